The van der Waals surface area contributed by atoms with Gasteiger partial charge in [-0.3, -0.25) is 0 Å². The first-order chi connectivity index (χ1) is 8.22. The molecule has 4 N–H and O–H groups in total. The SMILES string of the molecule is C=C(/C=C\N)c1ccc(C(/C=C\N)=C/C)cc1. The largest absolute Gasteiger partial charge is 0.405 e. The first-order valence-electron chi connectivity index (χ1n) is 5.45. The molecular weight excluding hydrogens is 208 g/mol. The molecule has 2 heteroatoms. The Morgan fingerprint density at radius 3 is 2.00 bits per heavy atom. The van der Waals surface area contributed by atoms with E-state index in [2.05, 4.69) is 6.58 Å². The van der Waals surface area contributed by atoms with Crippen LogP contribution < -0.4 is 11.5 Å². The molecule has 2 nitrogen and oxygen atoms in total. The van der Waals surface area contributed by atoms with E-state index in [1.165, 1.54) is 6.20 Å². The molecule has 17 heavy (non-hydrogen) atoms. The second-order valence-electron chi connectivity index (χ2n) is 3.56. The average molecular weight is 226 g/mol. The van der Waals surface area contributed by atoms with Crippen molar-refractivity contribution in [2.45, 2.75) is 6.92 Å². The van der Waals surface area contributed by atoms with Gasteiger partial charge >= 0.3 is 0 Å². The lowest BCUT2D eigenvalue weighted by atomic mass is 10.0. The standard InChI is InChI=1S/C15H18N2/c1-3-13(9-11-17)15-6-4-14(5-7-15)12(2)8-10-16/h3-11H,2,16-17H2,1H3/b10-8-,11-9-,13-3+. The number of benzene rings is 1. The number of rotatable bonds is 4. The van der Waals surface area contributed by atoms with Gasteiger partial charge in [0, 0.05) is 0 Å². The van der Waals surface area contributed by atoms with E-state index < -0.39 is 0 Å². The molecule has 0 heterocycles. The molecule has 0 aromatic heterocycles. The van der Waals surface area contributed by atoms with Crippen molar-refractivity contribution in [1.29, 1.82) is 0 Å². The minimum Gasteiger partial charge on any atom is -0.405 e. The van der Waals surface area contributed by atoms with Crippen molar-refractivity contribution in [2.75, 3.05) is 0 Å². The van der Waals surface area contributed by atoms with Crippen molar-refractivity contribution >= 4 is 11.1 Å². The van der Waals surface area contributed by atoms with Crippen molar-refractivity contribution in [3.63, 3.8) is 0 Å². The van der Waals surface area contributed by atoms with E-state index in [1.54, 1.807) is 12.3 Å². The van der Waals surface area contributed by atoms with E-state index in [4.69, 9.17) is 11.5 Å². The summed E-state index contributed by atoms with van der Waals surface area (Å²) in [5, 5.41) is 0. The molecule has 1 rings (SSSR count). The number of hydrogen-bond donors (Lipinski definition) is 2. The number of nitrogens with two attached hydrogens (primary N) is 2. The molecule has 1 aromatic carbocycles. The molecule has 0 amide bonds. The number of hydrogen-bond acceptors (Lipinski definition) is 2. The Hall–Kier alpha value is -2.22. The van der Waals surface area contributed by atoms with Gasteiger partial charge in [-0.2, -0.15) is 0 Å². The van der Waals surface area contributed by atoms with Crippen LogP contribution in [0.1, 0.15) is 18.1 Å². The molecule has 0 saturated heterocycles. The summed E-state index contributed by atoms with van der Waals surface area (Å²) < 4.78 is 0. The highest BCUT2D eigenvalue weighted by Gasteiger charge is 1.98. The maximum atomic E-state index is 5.40. The second kappa shape index (κ2) is 6.38. The molecule has 0 aliphatic carbocycles. The van der Waals surface area contributed by atoms with Crippen molar-refractivity contribution in [3.05, 3.63) is 72.6 Å². The van der Waals surface area contributed by atoms with Crippen LogP contribution in [0.15, 0.2) is 61.5 Å². The molecule has 0 radical (unpaired) electrons. The highest BCUT2D eigenvalue weighted by atomic mass is 14.5. The molecule has 0 saturated carbocycles. The fraction of sp³-hybridized carbons (Fsp3) is 0.0667. The first-order valence-corrected chi connectivity index (χ1v) is 5.45. The second-order valence-corrected chi connectivity index (χ2v) is 3.56. The maximum absolute atomic E-state index is 5.40. The molecule has 0 aliphatic heterocycles. The summed E-state index contributed by atoms with van der Waals surface area (Å²) in [4.78, 5) is 0. The number of allylic oxidation sites excluding steroid dienone is 5. The summed E-state index contributed by atoms with van der Waals surface area (Å²) in [6.45, 7) is 5.92. The fourth-order valence-corrected chi connectivity index (χ4v) is 1.55. The van der Waals surface area contributed by atoms with Crippen molar-refractivity contribution < 1.29 is 0 Å². The van der Waals surface area contributed by atoms with Gasteiger partial charge in [0.15, 0.2) is 0 Å². The van der Waals surface area contributed by atoms with Gasteiger partial charge in [-0.25, -0.2) is 0 Å². The summed E-state index contributed by atoms with van der Waals surface area (Å²) in [6, 6.07) is 8.12. The molecule has 0 aliphatic rings. The monoisotopic (exact) mass is 226 g/mol. The van der Waals surface area contributed by atoms with E-state index in [-0.39, 0.29) is 0 Å². The summed E-state index contributed by atoms with van der Waals surface area (Å²) in [5.74, 6) is 0. The summed E-state index contributed by atoms with van der Waals surface area (Å²) >= 11 is 0. The van der Waals surface area contributed by atoms with Gasteiger partial charge < -0.3 is 11.5 Å². The van der Waals surface area contributed by atoms with Crippen LogP contribution in [0.2, 0.25) is 0 Å². The quantitative estimate of drug-likeness (QED) is 0.775. The predicted molar refractivity (Wildman–Crippen MR) is 75.8 cm³/mol. The van der Waals surface area contributed by atoms with Gasteiger partial charge in [-0.15, -0.1) is 0 Å². The highest BCUT2D eigenvalue weighted by molar-refractivity contribution is 5.77. The third-order valence-electron chi connectivity index (χ3n) is 2.47. The topological polar surface area (TPSA) is 52.0 Å². The maximum Gasteiger partial charge on any atom is -0.00563 e. The summed E-state index contributed by atoms with van der Waals surface area (Å²) in [7, 11) is 0. The first kappa shape index (κ1) is 12.8. The van der Waals surface area contributed by atoms with Gasteiger partial charge in [-0.1, -0.05) is 36.9 Å². The van der Waals surface area contributed by atoms with Crippen molar-refractivity contribution in [3.8, 4) is 0 Å². The average Bonchev–Trinajstić information content (AvgIpc) is 2.36. The van der Waals surface area contributed by atoms with E-state index >= 15 is 0 Å². The van der Waals surface area contributed by atoms with Gasteiger partial charge in [0.05, 0.1) is 0 Å². The third-order valence-corrected chi connectivity index (χ3v) is 2.47. The normalized spacial score (nSPS) is 12.4. The Balaban J connectivity index is 2.99. The lowest BCUT2D eigenvalue weighted by molar-refractivity contribution is 1.53. The zero-order valence-corrected chi connectivity index (χ0v) is 10.1. The Kier molecular flexibility index (Phi) is 4.82. The van der Waals surface area contributed by atoms with E-state index in [9.17, 15) is 0 Å². The summed E-state index contributed by atoms with van der Waals surface area (Å²) in [6.07, 6.45) is 8.71. The van der Waals surface area contributed by atoms with Crippen LogP contribution in [0, 0.1) is 0 Å². The molecule has 0 unspecified atom stereocenters. The molecule has 1 aromatic rings. The van der Waals surface area contributed by atoms with E-state index in [0.29, 0.717) is 0 Å². The van der Waals surface area contributed by atoms with Crippen molar-refractivity contribution in [1.82, 2.24) is 0 Å². The third kappa shape index (κ3) is 3.38. The summed E-state index contributed by atoms with van der Waals surface area (Å²) in [5.41, 5.74) is 14.9. The highest BCUT2D eigenvalue weighted by Crippen LogP contribution is 2.19. The van der Waals surface area contributed by atoms with Crippen molar-refractivity contribution in [2.24, 2.45) is 11.5 Å². The molecule has 0 fully saturated rings. The minimum atomic E-state index is 0.899. The Bertz CT molecular complexity index is 462. The minimum absolute atomic E-state index is 0.899. The zero-order chi connectivity index (χ0) is 12.7. The zero-order valence-electron chi connectivity index (χ0n) is 10.1. The molecular formula is C15H18N2. The van der Waals surface area contributed by atoms with Crippen LogP contribution in [0.3, 0.4) is 0 Å². The lowest BCUT2D eigenvalue weighted by Crippen LogP contribution is -1.86. The smallest absolute Gasteiger partial charge is 0.00563 e. The molecule has 0 spiro atoms. The predicted octanol–water partition coefficient (Wildman–Crippen LogP) is 3.05. The van der Waals surface area contributed by atoms with E-state index in [1.807, 2.05) is 43.3 Å². The van der Waals surface area contributed by atoms with Gasteiger partial charge in [0.1, 0.15) is 0 Å². The van der Waals surface area contributed by atoms with Crippen LogP contribution in [0.5, 0.6) is 0 Å². The van der Waals surface area contributed by atoms with Crippen LogP contribution in [0.25, 0.3) is 11.1 Å². The fourth-order valence-electron chi connectivity index (χ4n) is 1.55. The Morgan fingerprint density at radius 1 is 1.00 bits per heavy atom. The van der Waals surface area contributed by atoms with Crippen LogP contribution in [0.4, 0.5) is 0 Å². The molecule has 0 atom stereocenters. The van der Waals surface area contributed by atoms with Gasteiger partial charge in [-0.05, 0) is 53.7 Å². The molecule has 0 bridgehead atoms. The van der Waals surface area contributed by atoms with Gasteiger partial charge in [0.2, 0.25) is 0 Å². The van der Waals surface area contributed by atoms with Crippen LogP contribution in [-0.2, 0) is 0 Å². The van der Waals surface area contributed by atoms with Crippen LogP contribution in [-0.4, -0.2) is 0 Å². The molecule has 88 valence electrons. The Labute approximate surface area is 103 Å². The van der Waals surface area contributed by atoms with E-state index in [0.717, 1.165) is 22.3 Å². The van der Waals surface area contributed by atoms with Gasteiger partial charge in [0.25, 0.3) is 0 Å². The Morgan fingerprint density at radius 2 is 1.53 bits per heavy atom. The van der Waals surface area contributed by atoms with Crippen LogP contribution >= 0.6 is 0 Å². The lowest BCUT2D eigenvalue weighted by Gasteiger charge is -2.05.